The highest BCUT2D eigenvalue weighted by Gasteiger charge is 2.22. The SMILES string of the molecule is CCc1cc(OC)c(F)c(C(O)C(=N)OC)c1. The summed E-state index contributed by atoms with van der Waals surface area (Å²) in [5.74, 6) is -1.01. The summed E-state index contributed by atoms with van der Waals surface area (Å²) in [5.41, 5.74) is 0.814. The molecule has 1 atom stereocenters. The maximum absolute atomic E-state index is 13.9. The molecule has 0 heterocycles. The van der Waals surface area contributed by atoms with Crippen LogP contribution in [0.15, 0.2) is 12.1 Å². The Labute approximate surface area is 99.5 Å². The molecule has 0 spiro atoms. The van der Waals surface area contributed by atoms with E-state index >= 15 is 0 Å². The lowest BCUT2D eigenvalue weighted by Crippen LogP contribution is -2.15. The second-order valence-corrected chi connectivity index (χ2v) is 3.53. The van der Waals surface area contributed by atoms with Crippen molar-refractivity contribution in [2.75, 3.05) is 14.2 Å². The van der Waals surface area contributed by atoms with Crippen molar-refractivity contribution >= 4 is 5.90 Å². The van der Waals surface area contributed by atoms with Gasteiger partial charge in [0.2, 0.25) is 5.90 Å². The van der Waals surface area contributed by atoms with Crippen LogP contribution in [0.3, 0.4) is 0 Å². The Bertz CT molecular complexity index is 420. The molecule has 1 unspecified atom stereocenters. The van der Waals surface area contributed by atoms with Crippen molar-refractivity contribution in [2.45, 2.75) is 19.4 Å². The molecule has 0 amide bonds. The first-order valence-electron chi connectivity index (χ1n) is 5.21. The maximum atomic E-state index is 13.9. The van der Waals surface area contributed by atoms with Crippen LogP contribution >= 0.6 is 0 Å². The predicted octanol–water partition coefficient (Wildman–Crippen LogP) is 2.05. The van der Waals surface area contributed by atoms with Gasteiger partial charge in [-0.25, -0.2) is 4.39 Å². The second-order valence-electron chi connectivity index (χ2n) is 3.53. The van der Waals surface area contributed by atoms with E-state index in [-0.39, 0.29) is 11.3 Å². The largest absolute Gasteiger partial charge is 0.494 e. The summed E-state index contributed by atoms with van der Waals surface area (Å²) in [6.45, 7) is 1.91. The molecule has 0 saturated heterocycles. The van der Waals surface area contributed by atoms with Crippen molar-refractivity contribution in [3.05, 3.63) is 29.1 Å². The molecule has 17 heavy (non-hydrogen) atoms. The summed E-state index contributed by atoms with van der Waals surface area (Å²) in [7, 11) is 2.61. The molecule has 0 aliphatic rings. The van der Waals surface area contributed by atoms with E-state index in [1.165, 1.54) is 20.3 Å². The van der Waals surface area contributed by atoms with Gasteiger partial charge in [0.15, 0.2) is 17.7 Å². The van der Waals surface area contributed by atoms with Gasteiger partial charge < -0.3 is 14.6 Å². The quantitative estimate of drug-likeness (QED) is 0.626. The van der Waals surface area contributed by atoms with E-state index in [1.807, 2.05) is 6.92 Å². The van der Waals surface area contributed by atoms with E-state index in [0.29, 0.717) is 6.42 Å². The Balaban J connectivity index is 3.26. The third kappa shape index (κ3) is 2.74. The van der Waals surface area contributed by atoms with Gasteiger partial charge in [-0.2, -0.15) is 0 Å². The molecule has 0 aliphatic carbocycles. The molecule has 2 N–H and O–H groups in total. The molecule has 0 aromatic heterocycles. The van der Waals surface area contributed by atoms with Crippen LogP contribution in [-0.2, 0) is 11.2 Å². The fraction of sp³-hybridized carbons (Fsp3) is 0.417. The predicted molar refractivity (Wildman–Crippen MR) is 62.0 cm³/mol. The Morgan fingerprint density at radius 2 is 2.12 bits per heavy atom. The number of ether oxygens (including phenoxy) is 2. The number of benzene rings is 1. The van der Waals surface area contributed by atoms with E-state index in [1.54, 1.807) is 6.07 Å². The van der Waals surface area contributed by atoms with Crippen LogP contribution < -0.4 is 4.74 Å². The highest BCUT2D eigenvalue weighted by molar-refractivity contribution is 5.79. The topological polar surface area (TPSA) is 62.5 Å². The van der Waals surface area contributed by atoms with Crippen LogP contribution in [0.4, 0.5) is 4.39 Å². The minimum absolute atomic E-state index is 0.00644. The van der Waals surface area contributed by atoms with Gasteiger partial charge in [0.05, 0.1) is 14.2 Å². The molecule has 94 valence electrons. The first kappa shape index (κ1) is 13.4. The van der Waals surface area contributed by atoms with Gasteiger partial charge in [-0.15, -0.1) is 0 Å². The van der Waals surface area contributed by atoms with E-state index < -0.39 is 17.8 Å². The number of rotatable bonds is 4. The van der Waals surface area contributed by atoms with Gasteiger partial charge in [-0.05, 0) is 24.1 Å². The molecule has 0 radical (unpaired) electrons. The summed E-state index contributed by atoms with van der Waals surface area (Å²) >= 11 is 0. The summed E-state index contributed by atoms with van der Waals surface area (Å²) in [6.07, 6.45) is -0.739. The van der Waals surface area contributed by atoms with Crippen LogP contribution in [0.5, 0.6) is 5.75 Å². The van der Waals surface area contributed by atoms with Gasteiger partial charge in [0.1, 0.15) is 0 Å². The number of nitrogens with one attached hydrogen (secondary N) is 1. The Hall–Kier alpha value is -1.62. The Morgan fingerprint density at radius 1 is 1.47 bits per heavy atom. The van der Waals surface area contributed by atoms with Gasteiger partial charge in [-0.3, -0.25) is 5.41 Å². The minimum atomic E-state index is -1.42. The highest BCUT2D eigenvalue weighted by atomic mass is 19.1. The fourth-order valence-corrected chi connectivity index (χ4v) is 1.48. The summed E-state index contributed by atoms with van der Waals surface area (Å²) < 4.78 is 23.4. The number of aliphatic hydroxyl groups is 1. The summed E-state index contributed by atoms with van der Waals surface area (Å²) in [4.78, 5) is 0. The van der Waals surface area contributed by atoms with E-state index in [2.05, 4.69) is 4.74 Å². The van der Waals surface area contributed by atoms with Crippen LogP contribution in [-0.4, -0.2) is 25.2 Å². The molecule has 0 saturated carbocycles. The maximum Gasteiger partial charge on any atom is 0.214 e. The number of aryl methyl sites for hydroxylation is 1. The van der Waals surface area contributed by atoms with E-state index in [0.717, 1.165) is 5.56 Å². The zero-order valence-electron chi connectivity index (χ0n) is 10.1. The van der Waals surface area contributed by atoms with Crippen LogP contribution in [0.1, 0.15) is 24.2 Å². The summed E-state index contributed by atoms with van der Waals surface area (Å²) in [5, 5.41) is 17.1. The molecular weight excluding hydrogens is 225 g/mol. The molecule has 4 nitrogen and oxygen atoms in total. The van der Waals surface area contributed by atoms with Gasteiger partial charge in [-0.1, -0.05) is 6.92 Å². The van der Waals surface area contributed by atoms with Crippen molar-refractivity contribution in [2.24, 2.45) is 0 Å². The second kappa shape index (κ2) is 5.63. The molecule has 5 heteroatoms. The first-order valence-corrected chi connectivity index (χ1v) is 5.21. The molecular formula is C12H16FNO3. The third-order valence-corrected chi connectivity index (χ3v) is 2.52. The fourth-order valence-electron chi connectivity index (χ4n) is 1.48. The monoisotopic (exact) mass is 241 g/mol. The van der Waals surface area contributed by atoms with E-state index in [9.17, 15) is 9.50 Å². The average molecular weight is 241 g/mol. The summed E-state index contributed by atoms with van der Waals surface area (Å²) in [6, 6.07) is 3.08. The number of aliphatic hydroxyl groups excluding tert-OH is 1. The minimum Gasteiger partial charge on any atom is -0.494 e. The standard InChI is InChI=1S/C12H16FNO3/c1-4-7-5-8(11(15)12(14)17-3)10(13)9(6-7)16-2/h5-6,11,14-15H,4H2,1-3H3. The smallest absolute Gasteiger partial charge is 0.214 e. The number of hydrogen-bond acceptors (Lipinski definition) is 4. The highest BCUT2D eigenvalue weighted by Crippen LogP contribution is 2.28. The molecule has 1 aromatic carbocycles. The van der Waals surface area contributed by atoms with E-state index in [4.69, 9.17) is 10.1 Å². The average Bonchev–Trinajstić information content (AvgIpc) is 2.37. The van der Waals surface area contributed by atoms with Gasteiger partial charge >= 0.3 is 0 Å². The van der Waals surface area contributed by atoms with Crippen molar-refractivity contribution < 1.29 is 19.0 Å². The van der Waals surface area contributed by atoms with Gasteiger partial charge in [0.25, 0.3) is 0 Å². The first-order chi connectivity index (χ1) is 8.04. The zero-order chi connectivity index (χ0) is 13.0. The Kier molecular flexibility index (Phi) is 4.45. The Morgan fingerprint density at radius 3 is 2.59 bits per heavy atom. The van der Waals surface area contributed by atoms with Crippen LogP contribution in [0.25, 0.3) is 0 Å². The number of methoxy groups -OCH3 is 2. The lowest BCUT2D eigenvalue weighted by Gasteiger charge is -2.15. The zero-order valence-corrected chi connectivity index (χ0v) is 10.1. The van der Waals surface area contributed by atoms with Gasteiger partial charge in [0, 0.05) is 5.56 Å². The molecule has 0 bridgehead atoms. The normalized spacial score (nSPS) is 12.1. The lowest BCUT2D eigenvalue weighted by molar-refractivity contribution is 0.199. The van der Waals surface area contributed by atoms with Crippen LogP contribution in [0.2, 0.25) is 0 Å². The van der Waals surface area contributed by atoms with Crippen molar-refractivity contribution in [1.29, 1.82) is 5.41 Å². The lowest BCUT2D eigenvalue weighted by atomic mass is 10.0. The third-order valence-electron chi connectivity index (χ3n) is 2.52. The van der Waals surface area contributed by atoms with Crippen molar-refractivity contribution in [3.8, 4) is 5.75 Å². The van der Waals surface area contributed by atoms with Crippen LogP contribution in [0, 0.1) is 11.2 Å². The molecule has 0 fully saturated rings. The van der Waals surface area contributed by atoms with Crippen molar-refractivity contribution in [1.82, 2.24) is 0 Å². The number of hydrogen-bond donors (Lipinski definition) is 2. The number of halogens is 1. The van der Waals surface area contributed by atoms with Crippen molar-refractivity contribution in [3.63, 3.8) is 0 Å². The molecule has 1 rings (SSSR count). The molecule has 0 aliphatic heterocycles. The molecule has 1 aromatic rings.